The average Bonchev–Trinajstić information content (AvgIpc) is 2.78. The van der Waals surface area contributed by atoms with Crippen LogP contribution in [0.4, 0.5) is 5.82 Å². The summed E-state index contributed by atoms with van der Waals surface area (Å²) in [6.07, 6.45) is 3.88. The maximum atomic E-state index is 5.50. The van der Waals surface area contributed by atoms with E-state index in [1.807, 2.05) is 12.1 Å². The Bertz CT molecular complexity index is 322. The summed E-state index contributed by atoms with van der Waals surface area (Å²) in [5.74, 6) is 1.83. The molecule has 1 unspecified atom stereocenters. The van der Waals surface area contributed by atoms with E-state index in [0.717, 1.165) is 30.5 Å². The molecule has 4 nitrogen and oxygen atoms in total. The third-order valence-corrected chi connectivity index (χ3v) is 3.22. The number of nitrogens with zero attached hydrogens (tertiary/aromatic N) is 3. The number of hydrogen-bond acceptors (Lipinski definition) is 4. The Kier molecular flexibility index (Phi) is 3.72. The van der Waals surface area contributed by atoms with Crippen LogP contribution in [0.1, 0.15) is 31.9 Å². The molecule has 0 saturated carbocycles. The second kappa shape index (κ2) is 5.25. The zero-order valence-electron chi connectivity index (χ0n) is 9.89. The van der Waals surface area contributed by atoms with Gasteiger partial charge in [-0.25, -0.2) is 0 Å². The smallest absolute Gasteiger partial charge is 0.151 e. The number of anilines is 1. The summed E-state index contributed by atoms with van der Waals surface area (Å²) in [5, 5.41) is 8.32. The van der Waals surface area contributed by atoms with Crippen LogP contribution in [0.3, 0.4) is 0 Å². The van der Waals surface area contributed by atoms with Crippen molar-refractivity contribution in [1.29, 1.82) is 0 Å². The summed E-state index contributed by atoms with van der Waals surface area (Å²) in [7, 11) is 0. The van der Waals surface area contributed by atoms with Crippen molar-refractivity contribution in [1.82, 2.24) is 10.2 Å². The normalized spacial score (nSPS) is 20.4. The minimum absolute atomic E-state index is 0.464. The maximum Gasteiger partial charge on any atom is 0.151 e. The molecule has 1 saturated heterocycles. The van der Waals surface area contributed by atoms with Gasteiger partial charge in [0.1, 0.15) is 0 Å². The Morgan fingerprint density at radius 2 is 2.31 bits per heavy atom. The Morgan fingerprint density at radius 3 is 2.94 bits per heavy atom. The molecular weight excluding hydrogens is 200 g/mol. The molecule has 1 aromatic heterocycles. The Labute approximate surface area is 96.9 Å². The lowest BCUT2D eigenvalue weighted by Crippen LogP contribution is -2.21. The van der Waals surface area contributed by atoms with Crippen LogP contribution in [0.2, 0.25) is 0 Å². The monoisotopic (exact) mass is 220 g/mol. The van der Waals surface area contributed by atoms with Crippen molar-refractivity contribution in [3.63, 3.8) is 0 Å². The summed E-state index contributed by atoms with van der Waals surface area (Å²) < 4.78 is 0. The van der Waals surface area contributed by atoms with E-state index >= 15 is 0 Å². The van der Waals surface area contributed by atoms with Crippen LogP contribution in [0.25, 0.3) is 0 Å². The van der Waals surface area contributed by atoms with Gasteiger partial charge in [0, 0.05) is 19.6 Å². The molecule has 2 rings (SSSR count). The third kappa shape index (κ3) is 2.50. The molecule has 1 fully saturated rings. The van der Waals surface area contributed by atoms with E-state index in [2.05, 4.69) is 22.0 Å². The zero-order valence-corrected chi connectivity index (χ0v) is 9.89. The second-order valence-corrected chi connectivity index (χ2v) is 4.48. The lowest BCUT2D eigenvalue weighted by Gasteiger charge is -2.16. The van der Waals surface area contributed by atoms with Crippen molar-refractivity contribution in [3.05, 3.63) is 17.8 Å². The van der Waals surface area contributed by atoms with Crippen molar-refractivity contribution in [2.24, 2.45) is 11.7 Å². The summed E-state index contributed by atoms with van der Waals surface area (Å²) in [5.41, 5.74) is 6.35. The van der Waals surface area contributed by atoms with Gasteiger partial charge in [0.2, 0.25) is 0 Å². The molecule has 0 amide bonds. The first-order chi connectivity index (χ1) is 7.83. The van der Waals surface area contributed by atoms with Gasteiger partial charge in [-0.15, -0.1) is 5.10 Å². The van der Waals surface area contributed by atoms with E-state index in [1.165, 1.54) is 19.3 Å². The van der Waals surface area contributed by atoms with E-state index in [0.29, 0.717) is 6.54 Å². The van der Waals surface area contributed by atoms with Gasteiger partial charge in [0.15, 0.2) is 5.82 Å². The van der Waals surface area contributed by atoms with Crippen LogP contribution < -0.4 is 10.6 Å². The molecule has 1 aliphatic rings. The first kappa shape index (κ1) is 11.3. The van der Waals surface area contributed by atoms with Crippen molar-refractivity contribution in [3.8, 4) is 0 Å². The van der Waals surface area contributed by atoms with E-state index in [4.69, 9.17) is 5.73 Å². The van der Waals surface area contributed by atoms with Gasteiger partial charge in [0.25, 0.3) is 0 Å². The first-order valence-corrected chi connectivity index (χ1v) is 6.11. The molecule has 1 aromatic rings. The van der Waals surface area contributed by atoms with Crippen molar-refractivity contribution >= 4 is 5.82 Å². The van der Waals surface area contributed by atoms with E-state index < -0.39 is 0 Å². The minimum atomic E-state index is 0.464. The highest BCUT2D eigenvalue weighted by molar-refractivity contribution is 5.38. The molecule has 16 heavy (non-hydrogen) atoms. The Morgan fingerprint density at radius 1 is 1.44 bits per heavy atom. The van der Waals surface area contributed by atoms with Crippen LogP contribution in [0, 0.1) is 5.92 Å². The highest BCUT2D eigenvalue weighted by Gasteiger charge is 2.22. The molecule has 0 bridgehead atoms. The quantitative estimate of drug-likeness (QED) is 0.836. The molecule has 4 heteroatoms. The molecule has 0 radical (unpaired) electrons. The fourth-order valence-corrected chi connectivity index (χ4v) is 2.31. The fourth-order valence-electron chi connectivity index (χ4n) is 2.31. The predicted octanol–water partition coefficient (Wildman–Crippen LogP) is 1.56. The van der Waals surface area contributed by atoms with Gasteiger partial charge in [-0.1, -0.05) is 13.3 Å². The van der Waals surface area contributed by atoms with Gasteiger partial charge in [-0.05, 0) is 30.9 Å². The standard InChI is InChI=1S/C12H20N4/c1-2-3-10-6-7-16(9-10)12-5-4-11(8-13)14-15-12/h4-5,10H,2-3,6-9,13H2,1H3. The average molecular weight is 220 g/mol. The van der Waals surface area contributed by atoms with Gasteiger partial charge in [0.05, 0.1) is 5.69 Å². The van der Waals surface area contributed by atoms with Crippen LogP contribution >= 0.6 is 0 Å². The molecule has 1 atom stereocenters. The zero-order chi connectivity index (χ0) is 11.4. The molecule has 2 heterocycles. The second-order valence-electron chi connectivity index (χ2n) is 4.48. The lowest BCUT2D eigenvalue weighted by molar-refractivity contribution is 0.529. The topological polar surface area (TPSA) is 55.0 Å². The van der Waals surface area contributed by atoms with E-state index in [1.54, 1.807) is 0 Å². The van der Waals surface area contributed by atoms with Crippen molar-refractivity contribution in [2.75, 3.05) is 18.0 Å². The number of aromatic nitrogens is 2. The Balaban J connectivity index is 1.97. The first-order valence-electron chi connectivity index (χ1n) is 6.11. The molecule has 1 aliphatic heterocycles. The summed E-state index contributed by atoms with van der Waals surface area (Å²) >= 11 is 0. The van der Waals surface area contributed by atoms with Gasteiger partial charge in [-0.3, -0.25) is 0 Å². The van der Waals surface area contributed by atoms with Gasteiger partial charge < -0.3 is 10.6 Å². The number of hydrogen-bond donors (Lipinski definition) is 1. The molecule has 2 N–H and O–H groups in total. The lowest BCUT2D eigenvalue weighted by atomic mass is 10.0. The molecule has 0 spiro atoms. The van der Waals surface area contributed by atoms with Crippen LogP contribution in [0.15, 0.2) is 12.1 Å². The van der Waals surface area contributed by atoms with Gasteiger partial charge >= 0.3 is 0 Å². The SMILES string of the molecule is CCCC1CCN(c2ccc(CN)nn2)C1. The van der Waals surface area contributed by atoms with Crippen LogP contribution in [-0.4, -0.2) is 23.3 Å². The van der Waals surface area contributed by atoms with Crippen molar-refractivity contribution in [2.45, 2.75) is 32.7 Å². The van der Waals surface area contributed by atoms with E-state index in [9.17, 15) is 0 Å². The highest BCUT2D eigenvalue weighted by atomic mass is 15.3. The molecular formula is C12H20N4. The molecule has 0 aromatic carbocycles. The number of rotatable bonds is 4. The maximum absolute atomic E-state index is 5.50. The summed E-state index contributed by atoms with van der Waals surface area (Å²) in [6, 6.07) is 4.00. The summed E-state index contributed by atoms with van der Waals surface area (Å²) in [6.45, 7) is 4.95. The highest BCUT2D eigenvalue weighted by Crippen LogP contribution is 2.24. The Hall–Kier alpha value is -1.16. The van der Waals surface area contributed by atoms with Crippen LogP contribution in [0.5, 0.6) is 0 Å². The third-order valence-electron chi connectivity index (χ3n) is 3.22. The van der Waals surface area contributed by atoms with Crippen molar-refractivity contribution < 1.29 is 0 Å². The summed E-state index contributed by atoms with van der Waals surface area (Å²) in [4.78, 5) is 2.33. The number of nitrogens with two attached hydrogens (primary N) is 1. The fraction of sp³-hybridized carbons (Fsp3) is 0.667. The molecule has 0 aliphatic carbocycles. The van der Waals surface area contributed by atoms with Gasteiger partial charge in [-0.2, -0.15) is 5.10 Å². The van der Waals surface area contributed by atoms with E-state index in [-0.39, 0.29) is 0 Å². The molecule has 88 valence electrons. The largest absolute Gasteiger partial charge is 0.355 e. The predicted molar refractivity (Wildman–Crippen MR) is 65.2 cm³/mol. The minimum Gasteiger partial charge on any atom is -0.355 e. The van der Waals surface area contributed by atoms with Crippen LogP contribution in [-0.2, 0) is 6.54 Å².